The molecule has 1 aromatic heterocycles. The zero-order valence-electron chi connectivity index (χ0n) is 10.2. The SMILES string of the molecule is Clc1ccc(Cl)c(Cn2ccc3c(Cl)cc(Cl)cc32)c1. The first-order valence-corrected chi connectivity index (χ1v) is 7.43. The monoisotopic (exact) mass is 343 g/mol. The molecule has 2 aromatic carbocycles. The van der Waals surface area contributed by atoms with Crippen LogP contribution < -0.4 is 0 Å². The van der Waals surface area contributed by atoms with Gasteiger partial charge in [0.1, 0.15) is 0 Å². The summed E-state index contributed by atoms with van der Waals surface area (Å²) in [5, 5.41) is 3.57. The molecule has 0 N–H and O–H groups in total. The van der Waals surface area contributed by atoms with Crippen molar-refractivity contribution in [1.82, 2.24) is 4.57 Å². The number of aromatic nitrogens is 1. The molecule has 0 amide bonds. The van der Waals surface area contributed by atoms with Gasteiger partial charge in [0, 0.05) is 33.2 Å². The van der Waals surface area contributed by atoms with E-state index in [9.17, 15) is 0 Å². The van der Waals surface area contributed by atoms with Gasteiger partial charge in [-0.15, -0.1) is 0 Å². The number of rotatable bonds is 2. The van der Waals surface area contributed by atoms with Crippen LogP contribution in [-0.4, -0.2) is 4.57 Å². The van der Waals surface area contributed by atoms with E-state index in [0.717, 1.165) is 16.5 Å². The Morgan fingerprint density at radius 3 is 2.40 bits per heavy atom. The molecule has 0 aliphatic heterocycles. The second-order valence-electron chi connectivity index (χ2n) is 4.50. The van der Waals surface area contributed by atoms with Gasteiger partial charge in [-0.1, -0.05) is 46.4 Å². The summed E-state index contributed by atoms with van der Waals surface area (Å²) in [4.78, 5) is 0. The van der Waals surface area contributed by atoms with E-state index in [1.54, 1.807) is 18.2 Å². The van der Waals surface area contributed by atoms with Gasteiger partial charge in [-0.25, -0.2) is 0 Å². The summed E-state index contributed by atoms with van der Waals surface area (Å²) >= 11 is 24.5. The summed E-state index contributed by atoms with van der Waals surface area (Å²) in [7, 11) is 0. The van der Waals surface area contributed by atoms with Crippen molar-refractivity contribution in [3.8, 4) is 0 Å². The summed E-state index contributed by atoms with van der Waals surface area (Å²) in [5.74, 6) is 0. The predicted molar refractivity (Wildman–Crippen MR) is 87.5 cm³/mol. The topological polar surface area (TPSA) is 4.93 Å². The first-order valence-electron chi connectivity index (χ1n) is 5.92. The fourth-order valence-electron chi connectivity index (χ4n) is 2.20. The minimum atomic E-state index is 0.611. The van der Waals surface area contributed by atoms with E-state index in [0.29, 0.717) is 26.6 Å². The van der Waals surface area contributed by atoms with Crippen molar-refractivity contribution in [1.29, 1.82) is 0 Å². The first kappa shape index (κ1) is 14.1. The molecule has 1 nitrogen and oxygen atoms in total. The van der Waals surface area contributed by atoms with Gasteiger partial charge in [0.25, 0.3) is 0 Å². The van der Waals surface area contributed by atoms with Crippen LogP contribution >= 0.6 is 46.4 Å². The van der Waals surface area contributed by atoms with E-state index in [1.165, 1.54) is 0 Å². The summed E-state index contributed by atoms with van der Waals surface area (Å²) in [5.41, 5.74) is 1.92. The maximum Gasteiger partial charge on any atom is 0.0514 e. The lowest BCUT2D eigenvalue weighted by Gasteiger charge is -2.09. The van der Waals surface area contributed by atoms with E-state index in [4.69, 9.17) is 46.4 Å². The molecule has 0 saturated carbocycles. The van der Waals surface area contributed by atoms with Crippen molar-refractivity contribution in [3.05, 3.63) is 68.2 Å². The lowest BCUT2D eigenvalue weighted by molar-refractivity contribution is 0.837. The van der Waals surface area contributed by atoms with Crippen molar-refractivity contribution < 1.29 is 0 Å². The predicted octanol–water partition coefficient (Wildman–Crippen LogP) is 6.30. The smallest absolute Gasteiger partial charge is 0.0514 e. The number of nitrogens with zero attached hydrogens (tertiary/aromatic N) is 1. The summed E-state index contributed by atoms with van der Waals surface area (Å²) in [6.45, 7) is 0.611. The van der Waals surface area contributed by atoms with Gasteiger partial charge in [0.2, 0.25) is 0 Å². The average molecular weight is 345 g/mol. The van der Waals surface area contributed by atoms with Gasteiger partial charge in [-0.2, -0.15) is 0 Å². The van der Waals surface area contributed by atoms with Gasteiger partial charge in [0.05, 0.1) is 10.5 Å². The van der Waals surface area contributed by atoms with Crippen molar-refractivity contribution in [2.24, 2.45) is 0 Å². The van der Waals surface area contributed by atoms with Gasteiger partial charge < -0.3 is 4.57 Å². The summed E-state index contributed by atoms with van der Waals surface area (Å²) < 4.78 is 2.05. The molecule has 0 bridgehead atoms. The fourth-order valence-corrected chi connectivity index (χ4v) is 3.12. The lowest BCUT2D eigenvalue weighted by atomic mass is 10.2. The number of halogens is 4. The van der Waals surface area contributed by atoms with Gasteiger partial charge in [-0.3, -0.25) is 0 Å². The molecule has 3 rings (SSSR count). The third kappa shape index (κ3) is 2.64. The molecule has 5 heteroatoms. The van der Waals surface area contributed by atoms with Crippen LogP contribution in [0, 0.1) is 0 Å². The van der Waals surface area contributed by atoms with Crippen molar-refractivity contribution in [3.63, 3.8) is 0 Å². The minimum Gasteiger partial charge on any atom is -0.343 e. The maximum atomic E-state index is 6.20. The molecule has 0 saturated heterocycles. The molecule has 1 heterocycles. The zero-order valence-corrected chi connectivity index (χ0v) is 13.2. The van der Waals surface area contributed by atoms with Crippen LogP contribution in [0.5, 0.6) is 0 Å². The highest BCUT2D eigenvalue weighted by Crippen LogP contribution is 2.30. The second-order valence-corrected chi connectivity index (χ2v) is 6.19. The summed E-state index contributed by atoms with van der Waals surface area (Å²) in [6.07, 6.45) is 1.96. The Bertz CT molecular complexity index is 792. The molecule has 0 spiro atoms. The van der Waals surface area contributed by atoms with Crippen LogP contribution in [0.15, 0.2) is 42.6 Å². The zero-order chi connectivity index (χ0) is 14.3. The highest BCUT2D eigenvalue weighted by atomic mass is 35.5. The number of benzene rings is 2. The molecule has 0 atom stereocenters. The highest BCUT2D eigenvalue weighted by molar-refractivity contribution is 6.38. The van der Waals surface area contributed by atoms with Crippen LogP contribution in [0.4, 0.5) is 0 Å². The Hall–Kier alpha value is -0.860. The fraction of sp³-hybridized carbons (Fsp3) is 0.0667. The van der Waals surface area contributed by atoms with Gasteiger partial charge in [-0.05, 0) is 42.0 Å². The largest absolute Gasteiger partial charge is 0.343 e. The van der Waals surface area contributed by atoms with E-state index in [2.05, 4.69) is 0 Å². The quantitative estimate of drug-likeness (QED) is 0.513. The third-order valence-corrected chi connectivity index (χ3v) is 4.29. The maximum absolute atomic E-state index is 6.20. The standard InChI is InChI=1S/C15H9Cl4N/c16-10-1-2-13(18)9(5-10)8-20-4-3-12-14(19)6-11(17)7-15(12)20/h1-7H,8H2. The normalized spacial score (nSPS) is 11.2. The highest BCUT2D eigenvalue weighted by Gasteiger charge is 2.09. The Kier molecular flexibility index (Phi) is 3.87. The van der Waals surface area contributed by atoms with Crippen molar-refractivity contribution in [2.45, 2.75) is 6.54 Å². The van der Waals surface area contributed by atoms with Gasteiger partial charge >= 0.3 is 0 Å². The molecule has 0 aliphatic rings. The number of fused-ring (bicyclic) bond motifs is 1. The van der Waals surface area contributed by atoms with Crippen molar-refractivity contribution >= 4 is 57.3 Å². The first-order chi connectivity index (χ1) is 9.54. The van der Waals surface area contributed by atoms with E-state index >= 15 is 0 Å². The average Bonchev–Trinajstić information content (AvgIpc) is 2.77. The molecular weight excluding hydrogens is 336 g/mol. The molecule has 0 unspecified atom stereocenters. The molecule has 0 radical (unpaired) electrons. The van der Waals surface area contributed by atoms with Crippen LogP contribution in [-0.2, 0) is 6.54 Å². The minimum absolute atomic E-state index is 0.611. The van der Waals surface area contributed by atoms with Crippen molar-refractivity contribution in [2.75, 3.05) is 0 Å². The number of hydrogen-bond acceptors (Lipinski definition) is 0. The Morgan fingerprint density at radius 1 is 0.800 bits per heavy atom. The molecule has 102 valence electrons. The van der Waals surface area contributed by atoms with Crippen LogP contribution in [0.25, 0.3) is 10.9 Å². The summed E-state index contributed by atoms with van der Waals surface area (Å²) in [6, 6.07) is 11.0. The molecular formula is C15H9Cl4N. The second kappa shape index (κ2) is 5.50. The molecule has 0 aliphatic carbocycles. The van der Waals surface area contributed by atoms with Crippen LogP contribution in [0.1, 0.15) is 5.56 Å². The molecule has 3 aromatic rings. The third-order valence-electron chi connectivity index (χ3n) is 3.15. The Balaban J connectivity index is 2.09. The lowest BCUT2D eigenvalue weighted by Crippen LogP contribution is -1.98. The van der Waals surface area contributed by atoms with Crippen LogP contribution in [0.3, 0.4) is 0 Å². The van der Waals surface area contributed by atoms with E-state index in [1.807, 2.05) is 29.0 Å². The molecule has 0 fully saturated rings. The Labute approximate surface area is 136 Å². The van der Waals surface area contributed by atoms with Gasteiger partial charge in [0.15, 0.2) is 0 Å². The van der Waals surface area contributed by atoms with E-state index < -0.39 is 0 Å². The number of hydrogen-bond donors (Lipinski definition) is 0. The molecule has 20 heavy (non-hydrogen) atoms. The Morgan fingerprint density at radius 2 is 1.60 bits per heavy atom. The van der Waals surface area contributed by atoms with Crippen LogP contribution in [0.2, 0.25) is 20.1 Å². The van der Waals surface area contributed by atoms with E-state index in [-0.39, 0.29) is 0 Å².